The van der Waals surface area contributed by atoms with Crippen LogP contribution in [0.15, 0.2) is 45.9 Å². The van der Waals surface area contributed by atoms with Gasteiger partial charge in [0.2, 0.25) is 0 Å². The minimum atomic E-state index is -5.24. The van der Waals surface area contributed by atoms with Crippen molar-refractivity contribution in [3.05, 3.63) is 58.3 Å². The molecule has 2 aromatic rings. The van der Waals surface area contributed by atoms with Crippen LogP contribution in [0.3, 0.4) is 0 Å². The van der Waals surface area contributed by atoms with Crippen molar-refractivity contribution in [1.29, 1.82) is 0 Å². The molecule has 156 valence electrons. The van der Waals surface area contributed by atoms with E-state index in [9.17, 15) is 26.3 Å². The zero-order valence-corrected chi connectivity index (χ0v) is 16.0. The van der Waals surface area contributed by atoms with Gasteiger partial charge in [-0.15, -0.1) is 0 Å². The Hall–Kier alpha value is -2.96. The second kappa shape index (κ2) is 7.07. The van der Waals surface area contributed by atoms with E-state index in [4.69, 9.17) is 4.52 Å². The van der Waals surface area contributed by atoms with Gasteiger partial charge in [-0.3, -0.25) is 4.68 Å². The maximum Gasteiger partial charge on any atom is 0.417 e. The third-order valence-electron chi connectivity index (χ3n) is 4.09. The number of fused-ring (bicyclic) bond motifs is 1. The molecule has 0 saturated heterocycles. The molecule has 6 nitrogen and oxygen atoms in total. The van der Waals surface area contributed by atoms with E-state index in [2.05, 4.69) is 36.2 Å². The molecular weight excluding hydrogens is 484 g/mol. The Morgan fingerprint density at radius 3 is 2.40 bits per heavy atom. The van der Waals surface area contributed by atoms with Crippen molar-refractivity contribution in [1.82, 2.24) is 24.9 Å². The predicted octanol–water partition coefficient (Wildman–Crippen LogP) is 5.28. The Bertz CT molecular complexity index is 1180. The van der Waals surface area contributed by atoms with Crippen molar-refractivity contribution in [3.8, 4) is 22.6 Å². The third kappa shape index (κ3) is 3.88. The Kier molecular flexibility index (Phi) is 4.79. The normalized spacial score (nSPS) is 12.6. The number of halogens is 7. The van der Waals surface area contributed by atoms with Crippen molar-refractivity contribution in [3.63, 3.8) is 0 Å². The standard InChI is InChI=1S/C17H8BrF6N5O/c18-15-26-12-5-25-29(7-13(12)27-15)6-8-4-11(28-30-8)9-2-1-3-10(16(19,20)21)14(9)17(22,23)24/h1-5,7H,6H2. The Labute approximate surface area is 172 Å². The van der Waals surface area contributed by atoms with Gasteiger partial charge in [-0.25, -0.2) is 9.97 Å². The Balaban J connectivity index is 1.71. The molecule has 2 aliphatic heterocycles. The molecule has 0 amide bonds. The molecule has 1 aromatic heterocycles. The van der Waals surface area contributed by atoms with Crippen molar-refractivity contribution < 1.29 is 30.9 Å². The largest absolute Gasteiger partial charge is 0.417 e. The SMILES string of the molecule is FC(F)(F)c1cccc(-c2cc(Cn3cc4nc(Br)nc-4cn3)on2)c1C(F)(F)F. The van der Waals surface area contributed by atoms with Crippen molar-refractivity contribution >= 4 is 15.9 Å². The minimum Gasteiger partial charge on any atom is -0.359 e. The van der Waals surface area contributed by atoms with Crippen LogP contribution in [0.4, 0.5) is 26.3 Å². The highest BCUT2D eigenvalue weighted by Gasteiger charge is 2.45. The lowest BCUT2D eigenvalue weighted by molar-refractivity contribution is -0.161. The van der Waals surface area contributed by atoms with Gasteiger partial charge in [-0.2, -0.15) is 31.4 Å². The van der Waals surface area contributed by atoms with E-state index in [1.165, 1.54) is 17.1 Å². The summed E-state index contributed by atoms with van der Waals surface area (Å²) in [5.74, 6) is 0.0889. The van der Waals surface area contributed by atoms with E-state index in [-0.39, 0.29) is 18.0 Å². The first-order valence-electron chi connectivity index (χ1n) is 8.11. The summed E-state index contributed by atoms with van der Waals surface area (Å²) in [6.45, 7) is -0.0340. The van der Waals surface area contributed by atoms with Crippen LogP contribution >= 0.6 is 15.9 Å². The van der Waals surface area contributed by atoms with Crippen LogP contribution in [0.25, 0.3) is 22.6 Å². The number of nitrogens with zero attached hydrogens (tertiary/aromatic N) is 5. The van der Waals surface area contributed by atoms with Crippen LogP contribution in [-0.4, -0.2) is 24.9 Å². The number of hydrogen-bond acceptors (Lipinski definition) is 5. The van der Waals surface area contributed by atoms with Gasteiger partial charge in [0.05, 0.1) is 23.5 Å². The maximum absolute atomic E-state index is 13.4. The average Bonchev–Trinajstić information content (AvgIpc) is 3.25. The van der Waals surface area contributed by atoms with Crippen LogP contribution in [0, 0.1) is 0 Å². The van der Waals surface area contributed by atoms with Crippen molar-refractivity contribution in [2.75, 3.05) is 0 Å². The summed E-state index contributed by atoms with van der Waals surface area (Å²) in [5, 5.41) is 7.60. The molecule has 0 radical (unpaired) electrons. The average molecular weight is 492 g/mol. The summed E-state index contributed by atoms with van der Waals surface area (Å²) in [7, 11) is 0. The summed E-state index contributed by atoms with van der Waals surface area (Å²) in [6.07, 6.45) is -7.47. The summed E-state index contributed by atoms with van der Waals surface area (Å²) < 4.78 is 86.5. The van der Waals surface area contributed by atoms with E-state index in [1.54, 1.807) is 0 Å². The predicted molar refractivity (Wildman–Crippen MR) is 93.2 cm³/mol. The Morgan fingerprint density at radius 2 is 1.70 bits per heavy atom. The van der Waals surface area contributed by atoms with Crippen LogP contribution in [0.2, 0.25) is 0 Å². The highest BCUT2D eigenvalue weighted by atomic mass is 79.9. The van der Waals surface area contributed by atoms with E-state index < -0.39 is 29.0 Å². The second-order valence-electron chi connectivity index (χ2n) is 6.14. The molecular formula is C17H8BrF6N5O. The third-order valence-corrected chi connectivity index (χ3v) is 4.45. The molecule has 4 rings (SSSR count). The van der Waals surface area contributed by atoms with Crippen LogP contribution < -0.4 is 0 Å². The lowest BCUT2D eigenvalue weighted by Crippen LogP contribution is -2.17. The lowest BCUT2D eigenvalue weighted by Gasteiger charge is -2.17. The van der Waals surface area contributed by atoms with Crippen LogP contribution in [0.1, 0.15) is 16.9 Å². The van der Waals surface area contributed by atoms with Gasteiger partial charge in [0.1, 0.15) is 23.6 Å². The smallest absolute Gasteiger partial charge is 0.359 e. The monoisotopic (exact) mass is 491 g/mol. The molecule has 0 spiro atoms. The second-order valence-corrected chi connectivity index (χ2v) is 6.85. The van der Waals surface area contributed by atoms with E-state index in [0.29, 0.717) is 22.2 Å². The summed E-state index contributed by atoms with van der Waals surface area (Å²) in [6, 6.07) is 3.31. The molecule has 0 aliphatic carbocycles. The number of imidazole rings is 1. The van der Waals surface area contributed by atoms with E-state index in [1.807, 2.05) is 0 Å². The van der Waals surface area contributed by atoms with Gasteiger partial charge in [-0.1, -0.05) is 17.3 Å². The first-order chi connectivity index (χ1) is 14.0. The number of benzene rings is 1. The fourth-order valence-electron chi connectivity index (χ4n) is 2.90. The van der Waals surface area contributed by atoms with E-state index in [0.717, 1.165) is 18.2 Å². The first-order valence-corrected chi connectivity index (χ1v) is 8.91. The van der Waals surface area contributed by atoms with Gasteiger partial charge in [-0.05, 0) is 22.0 Å². The number of hydrogen-bond donors (Lipinski definition) is 0. The molecule has 0 saturated carbocycles. The lowest BCUT2D eigenvalue weighted by atomic mass is 9.97. The zero-order chi connectivity index (χ0) is 21.7. The van der Waals surface area contributed by atoms with Gasteiger partial charge >= 0.3 is 12.4 Å². The minimum absolute atomic E-state index is 0.0340. The van der Waals surface area contributed by atoms with Crippen LogP contribution in [-0.2, 0) is 18.9 Å². The molecule has 2 aliphatic rings. The molecule has 3 heterocycles. The topological polar surface area (TPSA) is 69.6 Å². The highest BCUT2D eigenvalue weighted by Crippen LogP contribution is 2.44. The number of aromatic nitrogens is 5. The van der Waals surface area contributed by atoms with Crippen molar-refractivity contribution in [2.24, 2.45) is 0 Å². The molecule has 13 heteroatoms. The molecule has 0 bridgehead atoms. The fourth-order valence-corrected chi connectivity index (χ4v) is 3.28. The molecule has 1 aromatic carbocycles. The van der Waals surface area contributed by atoms with Crippen LogP contribution in [0.5, 0.6) is 0 Å². The maximum atomic E-state index is 13.4. The molecule has 0 N–H and O–H groups in total. The first kappa shape index (κ1) is 20.3. The molecule has 0 unspecified atom stereocenters. The summed E-state index contributed by atoms with van der Waals surface area (Å²) in [5.41, 5.74) is -3.68. The van der Waals surface area contributed by atoms with Gasteiger partial charge in [0.15, 0.2) is 10.5 Å². The number of rotatable bonds is 3. The molecule has 30 heavy (non-hydrogen) atoms. The molecule has 0 atom stereocenters. The van der Waals surface area contributed by atoms with Gasteiger partial charge in [0, 0.05) is 11.6 Å². The quantitative estimate of drug-likeness (QED) is 0.364. The summed E-state index contributed by atoms with van der Waals surface area (Å²) in [4.78, 5) is 8.17. The number of alkyl halides is 6. The van der Waals surface area contributed by atoms with E-state index >= 15 is 0 Å². The zero-order valence-electron chi connectivity index (χ0n) is 14.5. The summed E-state index contributed by atoms with van der Waals surface area (Å²) >= 11 is 3.13. The van der Waals surface area contributed by atoms with Crippen molar-refractivity contribution in [2.45, 2.75) is 18.9 Å². The van der Waals surface area contributed by atoms with Gasteiger partial charge in [0.25, 0.3) is 0 Å². The van der Waals surface area contributed by atoms with Gasteiger partial charge < -0.3 is 4.52 Å². The highest BCUT2D eigenvalue weighted by molar-refractivity contribution is 9.10. The Morgan fingerprint density at radius 1 is 0.967 bits per heavy atom. The fraction of sp³-hybridized carbons (Fsp3) is 0.176. The molecule has 0 fully saturated rings.